The largest absolute Gasteiger partial charge is 0.278 e. The van der Waals surface area contributed by atoms with Gasteiger partial charge in [-0.15, -0.1) is 0 Å². The third-order valence-corrected chi connectivity index (χ3v) is 14.2. The number of benzene rings is 10. The molecule has 2 aliphatic rings. The van der Waals surface area contributed by atoms with Gasteiger partial charge in [0.25, 0.3) is 0 Å². The van der Waals surface area contributed by atoms with Crippen LogP contribution < -0.4 is 0 Å². The predicted molar refractivity (Wildman–Crippen MR) is 272 cm³/mol. The Bertz CT molecular complexity index is 3790. The van der Waals surface area contributed by atoms with E-state index >= 15 is 0 Å². The summed E-state index contributed by atoms with van der Waals surface area (Å²) in [5.41, 5.74) is 20.4. The third kappa shape index (κ3) is 5.20. The van der Waals surface area contributed by atoms with Crippen LogP contribution >= 0.6 is 0 Å². The molecule has 0 saturated carbocycles. The summed E-state index contributed by atoms with van der Waals surface area (Å²) in [5, 5.41) is 4.90. The Hall–Kier alpha value is -8.66. The molecule has 66 heavy (non-hydrogen) atoms. The standard InChI is InChI=1S/C63H39N3/c1-3-18-40(19-4-1)42-22-15-24-44(36-42)56-39-57(45-25-16-23-43(37-45)41-20-5-2-6-21-41)65-62(64-56)66-58-35-14-10-29-49(58)61-50-30-17-34-55-60(50)51(38-59(61)66)48-28-9-13-33-54(48)63(55)52-31-11-7-26-46(52)47-27-8-12-32-53(47)63/h1-39H. The first-order chi connectivity index (χ1) is 32.7. The van der Waals surface area contributed by atoms with Crippen molar-refractivity contribution in [3.05, 3.63) is 259 Å². The van der Waals surface area contributed by atoms with Crippen LogP contribution in [-0.2, 0) is 5.41 Å². The maximum absolute atomic E-state index is 5.56. The average Bonchev–Trinajstić information content (AvgIpc) is 3.89. The molecule has 0 atom stereocenters. The van der Waals surface area contributed by atoms with E-state index in [1.165, 1.54) is 77.2 Å². The Morgan fingerprint density at radius 2 is 0.727 bits per heavy atom. The summed E-state index contributed by atoms with van der Waals surface area (Å²) in [6.07, 6.45) is 0. The second-order valence-corrected chi connectivity index (χ2v) is 17.6. The first-order valence-electron chi connectivity index (χ1n) is 22.7. The molecule has 3 heteroatoms. The molecular formula is C63H39N3. The van der Waals surface area contributed by atoms with Gasteiger partial charge in [0.2, 0.25) is 5.95 Å². The molecule has 2 aliphatic carbocycles. The van der Waals surface area contributed by atoms with E-state index in [9.17, 15) is 0 Å². The highest BCUT2D eigenvalue weighted by Crippen LogP contribution is 2.62. The zero-order valence-electron chi connectivity index (χ0n) is 35.9. The lowest BCUT2D eigenvalue weighted by atomic mass is 9.61. The molecule has 14 rings (SSSR count). The minimum Gasteiger partial charge on any atom is -0.278 e. The van der Waals surface area contributed by atoms with Crippen molar-refractivity contribution in [2.45, 2.75) is 5.41 Å². The van der Waals surface area contributed by atoms with Gasteiger partial charge in [-0.1, -0.05) is 206 Å². The second-order valence-electron chi connectivity index (χ2n) is 17.6. The lowest BCUT2D eigenvalue weighted by Crippen LogP contribution is -2.31. The highest BCUT2D eigenvalue weighted by molar-refractivity contribution is 6.26. The first-order valence-corrected chi connectivity index (χ1v) is 22.7. The summed E-state index contributed by atoms with van der Waals surface area (Å²) in [7, 11) is 0. The lowest BCUT2D eigenvalue weighted by Gasteiger charge is -2.40. The molecule has 306 valence electrons. The number of nitrogens with zero attached hydrogens (tertiary/aromatic N) is 3. The molecule has 0 saturated heterocycles. The van der Waals surface area contributed by atoms with Crippen LogP contribution in [0, 0.1) is 0 Å². The van der Waals surface area contributed by atoms with Crippen LogP contribution in [0.25, 0.3) is 106 Å². The van der Waals surface area contributed by atoms with Gasteiger partial charge in [0, 0.05) is 21.9 Å². The quantitative estimate of drug-likeness (QED) is 0.173. The van der Waals surface area contributed by atoms with Gasteiger partial charge in [-0.2, -0.15) is 0 Å². The zero-order chi connectivity index (χ0) is 43.3. The van der Waals surface area contributed by atoms with Gasteiger partial charge in [-0.25, -0.2) is 9.97 Å². The van der Waals surface area contributed by atoms with Crippen molar-refractivity contribution in [2.24, 2.45) is 0 Å². The molecule has 2 aromatic heterocycles. The average molecular weight is 838 g/mol. The summed E-state index contributed by atoms with van der Waals surface area (Å²) >= 11 is 0. The molecular weight excluding hydrogens is 799 g/mol. The number of aromatic nitrogens is 3. The highest BCUT2D eigenvalue weighted by atomic mass is 15.2. The van der Waals surface area contributed by atoms with Crippen LogP contribution in [0.4, 0.5) is 0 Å². The number of rotatable bonds is 5. The predicted octanol–water partition coefficient (Wildman–Crippen LogP) is 15.7. The van der Waals surface area contributed by atoms with Gasteiger partial charge in [-0.05, 0) is 108 Å². The van der Waals surface area contributed by atoms with Gasteiger partial charge in [0.1, 0.15) is 0 Å². The van der Waals surface area contributed by atoms with E-state index in [4.69, 9.17) is 9.97 Å². The monoisotopic (exact) mass is 837 g/mol. The fraction of sp³-hybridized carbons (Fsp3) is 0.0159. The molecule has 12 aromatic rings. The van der Waals surface area contributed by atoms with Gasteiger partial charge < -0.3 is 0 Å². The van der Waals surface area contributed by atoms with E-state index in [1.54, 1.807) is 0 Å². The van der Waals surface area contributed by atoms with Crippen molar-refractivity contribution >= 4 is 32.6 Å². The molecule has 10 aromatic carbocycles. The normalized spacial score (nSPS) is 13.0. The van der Waals surface area contributed by atoms with Crippen LogP contribution in [0.5, 0.6) is 0 Å². The number of hydrogen-bond acceptors (Lipinski definition) is 2. The number of para-hydroxylation sites is 1. The lowest BCUT2D eigenvalue weighted by molar-refractivity contribution is 0.773. The molecule has 0 bridgehead atoms. The fourth-order valence-corrected chi connectivity index (χ4v) is 11.5. The van der Waals surface area contributed by atoms with Crippen LogP contribution in [0.2, 0.25) is 0 Å². The maximum Gasteiger partial charge on any atom is 0.235 e. The summed E-state index contributed by atoms with van der Waals surface area (Å²) in [5.74, 6) is 0.630. The van der Waals surface area contributed by atoms with E-state index in [0.29, 0.717) is 5.95 Å². The second kappa shape index (κ2) is 14.2. The Morgan fingerprint density at radius 3 is 1.32 bits per heavy atom. The van der Waals surface area contributed by atoms with E-state index < -0.39 is 5.41 Å². The molecule has 0 unspecified atom stereocenters. The molecule has 3 nitrogen and oxygen atoms in total. The van der Waals surface area contributed by atoms with Crippen molar-refractivity contribution in [3.8, 4) is 73.0 Å². The Labute approximate surface area is 382 Å². The molecule has 0 aliphatic heterocycles. The van der Waals surface area contributed by atoms with Gasteiger partial charge in [0.15, 0.2) is 0 Å². The summed E-state index contributed by atoms with van der Waals surface area (Å²) in [6, 6.07) is 86.2. The van der Waals surface area contributed by atoms with Crippen molar-refractivity contribution in [1.82, 2.24) is 14.5 Å². The van der Waals surface area contributed by atoms with Crippen molar-refractivity contribution in [3.63, 3.8) is 0 Å². The minimum absolute atomic E-state index is 0.475. The van der Waals surface area contributed by atoms with Crippen LogP contribution in [0.1, 0.15) is 22.3 Å². The SMILES string of the molecule is c1ccc(-c2cccc(-c3cc(-c4cccc(-c5ccccc5)c4)nc(-n4c5ccccc5c5c6cccc7c6c(cc54)-c4ccccc4C74c5ccccc5-c5ccccc54)n3)c2)cc1. The van der Waals surface area contributed by atoms with Crippen molar-refractivity contribution in [1.29, 1.82) is 0 Å². The summed E-state index contributed by atoms with van der Waals surface area (Å²) < 4.78 is 2.32. The molecule has 0 fully saturated rings. The highest BCUT2D eigenvalue weighted by Gasteiger charge is 2.50. The van der Waals surface area contributed by atoms with E-state index in [0.717, 1.165) is 44.7 Å². The van der Waals surface area contributed by atoms with Crippen LogP contribution in [-0.4, -0.2) is 14.5 Å². The van der Waals surface area contributed by atoms with Crippen LogP contribution in [0.15, 0.2) is 237 Å². The minimum atomic E-state index is -0.475. The molecule has 1 spiro atoms. The smallest absolute Gasteiger partial charge is 0.235 e. The maximum atomic E-state index is 5.56. The number of hydrogen-bond donors (Lipinski definition) is 0. The van der Waals surface area contributed by atoms with E-state index in [2.05, 4.69) is 241 Å². The van der Waals surface area contributed by atoms with Crippen molar-refractivity contribution in [2.75, 3.05) is 0 Å². The first kappa shape index (κ1) is 36.8. The van der Waals surface area contributed by atoms with Gasteiger partial charge >= 0.3 is 0 Å². The van der Waals surface area contributed by atoms with E-state index in [1.807, 2.05) is 0 Å². The molecule has 0 amide bonds. The Morgan fingerprint density at radius 1 is 0.288 bits per heavy atom. The summed E-state index contributed by atoms with van der Waals surface area (Å²) in [4.78, 5) is 11.1. The summed E-state index contributed by atoms with van der Waals surface area (Å²) in [6.45, 7) is 0. The molecule has 0 radical (unpaired) electrons. The topological polar surface area (TPSA) is 30.7 Å². The van der Waals surface area contributed by atoms with Crippen LogP contribution in [0.3, 0.4) is 0 Å². The zero-order valence-corrected chi connectivity index (χ0v) is 35.9. The molecule has 0 N–H and O–H groups in total. The third-order valence-electron chi connectivity index (χ3n) is 14.2. The fourth-order valence-electron chi connectivity index (χ4n) is 11.5. The van der Waals surface area contributed by atoms with Crippen molar-refractivity contribution < 1.29 is 0 Å². The van der Waals surface area contributed by atoms with E-state index in [-0.39, 0.29) is 0 Å². The molecule has 2 heterocycles. The Balaban J connectivity index is 1.07. The Kier molecular flexibility index (Phi) is 7.90. The van der Waals surface area contributed by atoms with Gasteiger partial charge in [0.05, 0.1) is 27.8 Å². The number of fused-ring (bicyclic) bond motifs is 13. The van der Waals surface area contributed by atoms with Gasteiger partial charge in [-0.3, -0.25) is 4.57 Å².